The van der Waals surface area contributed by atoms with Gasteiger partial charge in [-0.2, -0.15) is 11.8 Å². The average Bonchev–Trinajstić information content (AvgIpc) is 3.21. The molecular formula is C16H26N4OS. The van der Waals surface area contributed by atoms with E-state index in [2.05, 4.69) is 20.9 Å². The quantitative estimate of drug-likeness (QED) is 0.679. The molecule has 3 rings (SSSR count). The van der Waals surface area contributed by atoms with Gasteiger partial charge in [0.15, 0.2) is 5.96 Å². The van der Waals surface area contributed by atoms with E-state index in [0.717, 1.165) is 49.2 Å². The van der Waals surface area contributed by atoms with E-state index >= 15 is 0 Å². The highest BCUT2D eigenvalue weighted by molar-refractivity contribution is 7.99. The summed E-state index contributed by atoms with van der Waals surface area (Å²) >= 11 is 1.99. The van der Waals surface area contributed by atoms with E-state index in [-0.39, 0.29) is 6.04 Å². The van der Waals surface area contributed by atoms with Crippen molar-refractivity contribution in [1.82, 2.24) is 9.80 Å². The number of hydrogen-bond acceptors (Lipinski definition) is 4. The van der Waals surface area contributed by atoms with Gasteiger partial charge in [-0.1, -0.05) is 0 Å². The van der Waals surface area contributed by atoms with Crippen LogP contribution in [0.4, 0.5) is 0 Å². The van der Waals surface area contributed by atoms with Crippen LogP contribution in [0, 0.1) is 6.92 Å². The number of furan rings is 1. The van der Waals surface area contributed by atoms with E-state index in [4.69, 9.17) is 10.2 Å². The Morgan fingerprint density at radius 2 is 2.00 bits per heavy atom. The Labute approximate surface area is 136 Å². The molecule has 1 aromatic heterocycles. The molecule has 3 heterocycles. The van der Waals surface area contributed by atoms with Crippen molar-refractivity contribution in [1.29, 1.82) is 0 Å². The average molecular weight is 322 g/mol. The highest BCUT2D eigenvalue weighted by Crippen LogP contribution is 2.27. The van der Waals surface area contributed by atoms with Crippen molar-refractivity contribution in [3.05, 3.63) is 23.7 Å². The minimum absolute atomic E-state index is 0.217. The highest BCUT2D eigenvalue weighted by atomic mass is 32.2. The van der Waals surface area contributed by atoms with E-state index in [9.17, 15) is 0 Å². The first kappa shape index (κ1) is 15.7. The van der Waals surface area contributed by atoms with Crippen LogP contribution in [0.1, 0.15) is 30.4 Å². The van der Waals surface area contributed by atoms with Crippen molar-refractivity contribution < 1.29 is 4.42 Å². The van der Waals surface area contributed by atoms with Crippen LogP contribution in [0.2, 0.25) is 0 Å². The predicted octanol–water partition coefficient (Wildman–Crippen LogP) is 2.09. The zero-order valence-corrected chi connectivity index (χ0v) is 14.1. The first-order valence-electron chi connectivity index (χ1n) is 8.17. The molecule has 0 amide bonds. The van der Waals surface area contributed by atoms with Gasteiger partial charge in [-0.05, 0) is 45.0 Å². The van der Waals surface area contributed by atoms with Crippen molar-refractivity contribution in [3.8, 4) is 0 Å². The smallest absolute Gasteiger partial charge is 0.191 e. The Morgan fingerprint density at radius 1 is 1.27 bits per heavy atom. The Hall–Kier alpha value is -1.14. The third-order valence-corrected chi connectivity index (χ3v) is 5.37. The fraction of sp³-hybridized carbons (Fsp3) is 0.688. The van der Waals surface area contributed by atoms with Gasteiger partial charge in [0.05, 0.1) is 12.6 Å². The number of thioether (sulfide) groups is 1. The fourth-order valence-corrected chi connectivity index (χ4v) is 4.05. The normalized spacial score (nSPS) is 22.2. The summed E-state index contributed by atoms with van der Waals surface area (Å²) in [4.78, 5) is 9.36. The number of aliphatic imine (C=N–C) groups is 1. The molecule has 0 radical (unpaired) electrons. The first-order valence-corrected chi connectivity index (χ1v) is 9.32. The molecule has 122 valence electrons. The van der Waals surface area contributed by atoms with Crippen LogP contribution in [0.5, 0.6) is 0 Å². The third kappa shape index (κ3) is 3.79. The van der Waals surface area contributed by atoms with Crippen LogP contribution in [-0.2, 0) is 0 Å². The van der Waals surface area contributed by atoms with Crippen LogP contribution in [0.3, 0.4) is 0 Å². The van der Waals surface area contributed by atoms with Gasteiger partial charge >= 0.3 is 0 Å². The molecule has 2 aliphatic heterocycles. The molecule has 1 aromatic rings. The lowest BCUT2D eigenvalue weighted by Gasteiger charge is -2.28. The zero-order chi connectivity index (χ0) is 15.4. The zero-order valence-electron chi connectivity index (χ0n) is 13.3. The maximum atomic E-state index is 6.20. The Morgan fingerprint density at radius 3 is 2.64 bits per heavy atom. The molecule has 1 unspecified atom stereocenters. The van der Waals surface area contributed by atoms with Gasteiger partial charge in [0.1, 0.15) is 11.5 Å². The summed E-state index contributed by atoms with van der Waals surface area (Å²) in [5.74, 6) is 4.95. The lowest BCUT2D eigenvalue weighted by Crippen LogP contribution is -2.43. The number of aryl methyl sites for hydroxylation is 1. The topological polar surface area (TPSA) is 58.0 Å². The molecule has 22 heavy (non-hydrogen) atoms. The number of hydrogen-bond donors (Lipinski definition) is 1. The SMILES string of the molecule is Cc1ccc(C(CN=C(N)N2CCSCC2)N2CCCC2)o1. The van der Waals surface area contributed by atoms with Crippen molar-refractivity contribution in [2.24, 2.45) is 10.7 Å². The van der Waals surface area contributed by atoms with Gasteiger partial charge < -0.3 is 15.1 Å². The molecule has 1 atom stereocenters. The Balaban J connectivity index is 1.69. The third-order valence-electron chi connectivity index (χ3n) is 4.43. The fourth-order valence-electron chi connectivity index (χ4n) is 3.14. The highest BCUT2D eigenvalue weighted by Gasteiger charge is 2.26. The van der Waals surface area contributed by atoms with Crippen molar-refractivity contribution in [2.45, 2.75) is 25.8 Å². The summed E-state index contributed by atoms with van der Waals surface area (Å²) < 4.78 is 5.87. The van der Waals surface area contributed by atoms with Gasteiger partial charge in [-0.25, -0.2) is 0 Å². The summed E-state index contributed by atoms with van der Waals surface area (Å²) in [5.41, 5.74) is 6.20. The number of rotatable bonds is 4. The molecule has 2 fully saturated rings. The Kier molecular flexibility index (Phi) is 5.31. The van der Waals surface area contributed by atoms with Crippen LogP contribution < -0.4 is 5.73 Å². The van der Waals surface area contributed by atoms with E-state index in [1.54, 1.807) is 0 Å². The van der Waals surface area contributed by atoms with E-state index in [0.29, 0.717) is 12.5 Å². The summed E-state index contributed by atoms with van der Waals surface area (Å²) in [5, 5.41) is 0. The molecule has 0 bridgehead atoms. The number of nitrogens with zero attached hydrogens (tertiary/aromatic N) is 3. The molecule has 2 saturated heterocycles. The largest absolute Gasteiger partial charge is 0.465 e. The van der Waals surface area contributed by atoms with Crippen molar-refractivity contribution >= 4 is 17.7 Å². The minimum Gasteiger partial charge on any atom is -0.465 e. The molecule has 0 saturated carbocycles. The molecule has 2 aliphatic rings. The lowest BCUT2D eigenvalue weighted by atomic mass is 10.2. The van der Waals surface area contributed by atoms with E-state index in [1.165, 1.54) is 12.8 Å². The molecule has 2 N–H and O–H groups in total. The van der Waals surface area contributed by atoms with Gasteiger partial charge in [-0.3, -0.25) is 9.89 Å². The van der Waals surface area contributed by atoms with Gasteiger partial charge in [-0.15, -0.1) is 0 Å². The Bertz CT molecular complexity index is 504. The van der Waals surface area contributed by atoms with Gasteiger partial charge in [0.2, 0.25) is 0 Å². The molecule has 0 aliphatic carbocycles. The molecule has 0 aromatic carbocycles. The minimum atomic E-state index is 0.217. The molecular weight excluding hydrogens is 296 g/mol. The standard InChI is InChI=1S/C16H26N4OS/c1-13-4-5-15(21-13)14(19-6-2-3-7-19)12-18-16(17)20-8-10-22-11-9-20/h4-5,14H,2-3,6-12H2,1H3,(H2,17,18). The van der Waals surface area contributed by atoms with Crippen LogP contribution >= 0.6 is 11.8 Å². The van der Waals surface area contributed by atoms with Crippen LogP contribution in [-0.4, -0.2) is 60.0 Å². The van der Waals surface area contributed by atoms with E-state index < -0.39 is 0 Å². The summed E-state index contributed by atoms with van der Waals surface area (Å²) in [6.07, 6.45) is 2.53. The van der Waals surface area contributed by atoms with Crippen molar-refractivity contribution in [2.75, 3.05) is 44.2 Å². The lowest BCUT2D eigenvalue weighted by molar-refractivity contribution is 0.219. The van der Waals surface area contributed by atoms with Crippen molar-refractivity contribution in [3.63, 3.8) is 0 Å². The number of likely N-dealkylation sites (tertiary alicyclic amines) is 1. The molecule has 5 nitrogen and oxygen atoms in total. The van der Waals surface area contributed by atoms with Gasteiger partial charge in [0, 0.05) is 24.6 Å². The van der Waals surface area contributed by atoms with Gasteiger partial charge in [0.25, 0.3) is 0 Å². The summed E-state index contributed by atoms with van der Waals surface area (Å²) in [6.45, 7) is 6.94. The van der Waals surface area contributed by atoms with Crippen LogP contribution in [0.15, 0.2) is 21.5 Å². The second-order valence-electron chi connectivity index (χ2n) is 6.01. The van der Waals surface area contributed by atoms with E-state index in [1.807, 2.05) is 24.8 Å². The first-order chi connectivity index (χ1) is 10.7. The monoisotopic (exact) mass is 322 g/mol. The molecule has 6 heteroatoms. The van der Waals surface area contributed by atoms with Crippen LogP contribution in [0.25, 0.3) is 0 Å². The number of guanidine groups is 1. The summed E-state index contributed by atoms with van der Waals surface area (Å²) in [7, 11) is 0. The summed E-state index contributed by atoms with van der Waals surface area (Å²) in [6, 6.07) is 4.34. The second kappa shape index (κ2) is 7.42. The maximum Gasteiger partial charge on any atom is 0.191 e. The number of nitrogens with two attached hydrogens (primary N) is 1. The second-order valence-corrected chi connectivity index (χ2v) is 7.23. The maximum absolute atomic E-state index is 6.20. The molecule has 0 spiro atoms. The predicted molar refractivity (Wildman–Crippen MR) is 92.4 cm³/mol.